The standard InChI is InChI=1S/C39H38N4O7S/c1-6-41(7-2)38(45)34-24(4)40-39-42(36(34)35-29-12-10-9-11-27(29)16-20-31(35)48-5)37(44)33(51-39)22-26-15-19-30(32(21-26)49-8-3)50-23-25-13-17-28(18-14-25)43(46)47/h9-22,36H,6-8,23H2,1-5H3/b33-22+/t36-/m0/s1. The minimum absolute atomic E-state index is 0.00726. The fourth-order valence-corrected chi connectivity index (χ4v) is 7.36. The predicted octanol–water partition coefficient (Wildman–Crippen LogP) is 6.15. The summed E-state index contributed by atoms with van der Waals surface area (Å²) in [6.07, 6.45) is 1.79. The second-order valence-corrected chi connectivity index (χ2v) is 12.8. The average Bonchev–Trinajstić information content (AvgIpc) is 3.44. The Balaban J connectivity index is 1.46. The summed E-state index contributed by atoms with van der Waals surface area (Å²) < 4.78 is 19.9. The molecule has 6 rings (SSSR count). The van der Waals surface area contributed by atoms with Gasteiger partial charge in [-0.15, -0.1) is 0 Å². The van der Waals surface area contributed by atoms with Gasteiger partial charge in [-0.25, -0.2) is 4.99 Å². The first kappa shape index (κ1) is 35.1. The molecule has 0 saturated heterocycles. The van der Waals surface area contributed by atoms with Crippen molar-refractivity contribution in [3.63, 3.8) is 0 Å². The summed E-state index contributed by atoms with van der Waals surface area (Å²) in [5, 5.41) is 12.8. The van der Waals surface area contributed by atoms with Gasteiger partial charge in [-0.2, -0.15) is 0 Å². The summed E-state index contributed by atoms with van der Waals surface area (Å²) in [7, 11) is 1.59. The number of hydrogen-bond acceptors (Lipinski definition) is 9. The third kappa shape index (κ3) is 6.87. The maximum absolute atomic E-state index is 14.5. The van der Waals surface area contributed by atoms with Crippen molar-refractivity contribution in [1.29, 1.82) is 0 Å². The monoisotopic (exact) mass is 706 g/mol. The highest BCUT2D eigenvalue weighted by Crippen LogP contribution is 2.40. The lowest BCUT2D eigenvalue weighted by Gasteiger charge is -2.30. The fourth-order valence-electron chi connectivity index (χ4n) is 6.31. The molecule has 4 aromatic carbocycles. The van der Waals surface area contributed by atoms with Crippen molar-refractivity contribution in [3.8, 4) is 17.2 Å². The van der Waals surface area contributed by atoms with Crippen LogP contribution in [0, 0.1) is 10.1 Å². The number of hydrogen-bond donors (Lipinski definition) is 0. The number of ether oxygens (including phenoxy) is 3. The number of allylic oxidation sites excluding steroid dienone is 1. The number of non-ortho nitro benzene ring substituents is 1. The molecular weight excluding hydrogens is 669 g/mol. The predicted molar refractivity (Wildman–Crippen MR) is 197 cm³/mol. The van der Waals surface area contributed by atoms with Gasteiger partial charge in [0.1, 0.15) is 18.4 Å². The van der Waals surface area contributed by atoms with E-state index in [4.69, 9.17) is 19.2 Å². The quantitative estimate of drug-likeness (QED) is 0.113. The summed E-state index contributed by atoms with van der Waals surface area (Å²) in [4.78, 5) is 46.4. The summed E-state index contributed by atoms with van der Waals surface area (Å²) in [6, 6.07) is 22.5. The molecule has 1 aliphatic heterocycles. The zero-order valence-electron chi connectivity index (χ0n) is 29.0. The zero-order chi connectivity index (χ0) is 36.2. The van der Waals surface area contributed by atoms with E-state index in [-0.39, 0.29) is 23.8 Å². The molecule has 11 nitrogen and oxygen atoms in total. The van der Waals surface area contributed by atoms with Crippen LogP contribution in [0.15, 0.2) is 99.9 Å². The molecule has 1 amide bonds. The second kappa shape index (κ2) is 15.0. The number of rotatable bonds is 12. The number of fused-ring (bicyclic) bond motifs is 2. The second-order valence-electron chi connectivity index (χ2n) is 11.8. The fraction of sp³-hybridized carbons (Fsp3) is 0.256. The highest BCUT2D eigenvalue weighted by atomic mass is 32.1. The molecule has 0 radical (unpaired) electrons. The average molecular weight is 707 g/mol. The molecule has 0 bridgehead atoms. The lowest BCUT2D eigenvalue weighted by molar-refractivity contribution is -0.384. The third-order valence-electron chi connectivity index (χ3n) is 8.83. The van der Waals surface area contributed by atoms with Crippen LogP contribution in [0.25, 0.3) is 16.8 Å². The first-order valence-electron chi connectivity index (χ1n) is 16.7. The van der Waals surface area contributed by atoms with E-state index in [1.807, 2.05) is 70.2 Å². The van der Waals surface area contributed by atoms with Gasteiger partial charge in [-0.3, -0.25) is 24.3 Å². The number of aromatic nitrogens is 1. The SMILES string of the molecule is CCOc1cc(/C=c2/sc3n(c2=O)[C@H](c2c(OC)ccc4ccccc24)C(C(=O)N(CC)CC)=C(C)N=3)ccc1OCc1ccc([N+](=O)[O-])cc1. The van der Waals surface area contributed by atoms with Crippen LogP contribution in [-0.2, 0) is 11.4 Å². The van der Waals surface area contributed by atoms with Crippen molar-refractivity contribution < 1.29 is 23.9 Å². The van der Waals surface area contributed by atoms with Gasteiger partial charge in [-0.1, -0.05) is 47.7 Å². The van der Waals surface area contributed by atoms with E-state index in [0.29, 0.717) is 63.1 Å². The Bertz CT molecular complexity index is 2340. The Labute approximate surface area is 298 Å². The topological polar surface area (TPSA) is 126 Å². The van der Waals surface area contributed by atoms with Crippen molar-refractivity contribution in [2.75, 3.05) is 26.8 Å². The van der Waals surface area contributed by atoms with Crippen LogP contribution in [-0.4, -0.2) is 47.1 Å². The van der Waals surface area contributed by atoms with Crippen LogP contribution in [0.5, 0.6) is 17.2 Å². The molecule has 0 N–H and O–H groups in total. The number of nitro benzene ring substituents is 1. The van der Waals surface area contributed by atoms with Crippen LogP contribution in [0.3, 0.4) is 0 Å². The number of methoxy groups -OCH3 is 1. The van der Waals surface area contributed by atoms with E-state index < -0.39 is 11.0 Å². The number of nitrogens with zero attached hydrogens (tertiary/aromatic N) is 4. The summed E-state index contributed by atoms with van der Waals surface area (Å²) in [5.41, 5.74) is 2.90. The van der Waals surface area contributed by atoms with Gasteiger partial charge in [0, 0.05) is 30.8 Å². The van der Waals surface area contributed by atoms with Gasteiger partial charge in [0.25, 0.3) is 17.2 Å². The van der Waals surface area contributed by atoms with Crippen LogP contribution in [0.2, 0.25) is 0 Å². The lowest BCUT2D eigenvalue weighted by atomic mass is 9.90. The van der Waals surface area contributed by atoms with Gasteiger partial charge < -0.3 is 19.1 Å². The van der Waals surface area contributed by atoms with Gasteiger partial charge in [0.15, 0.2) is 16.3 Å². The van der Waals surface area contributed by atoms with E-state index >= 15 is 0 Å². The summed E-state index contributed by atoms with van der Waals surface area (Å²) >= 11 is 1.25. The Hall–Kier alpha value is -5.75. The number of nitro groups is 1. The van der Waals surface area contributed by atoms with Gasteiger partial charge in [0.2, 0.25) is 0 Å². The van der Waals surface area contributed by atoms with Crippen LogP contribution < -0.4 is 29.1 Å². The van der Waals surface area contributed by atoms with Crippen molar-refractivity contribution >= 4 is 39.8 Å². The van der Waals surface area contributed by atoms with Crippen molar-refractivity contribution in [3.05, 3.63) is 137 Å². The van der Waals surface area contributed by atoms with Crippen molar-refractivity contribution in [1.82, 2.24) is 9.47 Å². The number of likely N-dealkylation sites (N-methyl/N-ethyl adjacent to an activating group) is 1. The maximum atomic E-state index is 14.5. The van der Waals surface area contributed by atoms with Gasteiger partial charge in [-0.05, 0) is 86.0 Å². The highest BCUT2D eigenvalue weighted by Gasteiger charge is 2.36. The molecular formula is C39H38N4O7S. The van der Waals surface area contributed by atoms with E-state index in [9.17, 15) is 19.7 Å². The molecule has 0 unspecified atom stereocenters. The summed E-state index contributed by atoms with van der Waals surface area (Å²) in [6.45, 7) is 9.13. The lowest BCUT2D eigenvalue weighted by Crippen LogP contribution is -2.43. The number of thiazole rings is 1. The minimum Gasteiger partial charge on any atom is -0.496 e. The van der Waals surface area contributed by atoms with Gasteiger partial charge >= 0.3 is 0 Å². The number of amides is 1. The van der Waals surface area contributed by atoms with Crippen molar-refractivity contribution in [2.45, 2.75) is 40.3 Å². The number of carbonyl (C=O) groups is 1. The molecule has 262 valence electrons. The molecule has 0 aliphatic carbocycles. The molecule has 51 heavy (non-hydrogen) atoms. The van der Waals surface area contributed by atoms with Crippen LogP contribution >= 0.6 is 11.3 Å². The first-order chi connectivity index (χ1) is 24.7. The molecule has 0 saturated carbocycles. The molecule has 1 aliphatic rings. The summed E-state index contributed by atoms with van der Waals surface area (Å²) in [5.74, 6) is 1.37. The Morgan fingerprint density at radius 2 is 1.71 bits per heavy atom. The number of benzene rings is 4. The molecule has 0 fully saturated rings. The van der Waals surface area contributed by atoms with E-state index in [1.165, 1.54) is 23.5 Å². The maximum Gasteiger partial charge on any atom is 0.271 e. The molecule has 2 heterocycles. The highest BCUT2D eigenvalue weighted by molar-refractivity contribution is 7.07. The first-order valence-corrected chi connectivity index (χ1v) is 17.5. The molecule has 1 atom stereocenters. The number of carbonyl (C=O) groups excluding carboxylic acids is 1. The molecule has 1 aromatic heterocycles. The minimum atomic E-state index is -0.785. The van der Waals surface area contributed by atoms with E-state index in [2.05, 4.69) is 0 Å². The Morgan fingerprint density at radius 3 is 2.39 bits per heavy atom. The normalized spacial score (nSPS) is 14.2. The smallest absolute Gasteiger partial charge is 0.271 e. The zero-order valence-corrected chi connectivity index (χ0v) is 29.9. The Kier molecular flexibility index (Phi) is 10.3. The van der Waals surface area contributed by atoms with Gasteiger partial charge in [0.05, 0.1) is 34.4 Å². The Morgan fingerprint density at radius 1 is 0.980 bits per heavy atom. The molecule has 5 aromatic rings. The third-order valence-corrected chi connectivity index (χ3v) is 9.82. The van der Waals surface area contributed by atoms with E-state index in [0.717, 1.165) is 21.9 Å². The largest absolute Gasteiger partial charge is 0.496 e. The van der Waals surface area contributed by atoms with Crippen LogP contribution in [0.1, 0.15) is 50.4 Å². The molecule has 0 spiro atoms. The van der Waals surface area contributed by atoms with E-state index in [1.54, 1.807) is 46.9 Å². The van der Waals surface area contributed by atoms with Crippen molar-refractivity contribution in [2.24, 2.45) is 4.99 Å². The molecule has 12 heteroatoms. The van der Waals surface area contributed by atoms with Crippen LogP contribution in [0.4, 0.5) is 5.69 Å².